The van der Waals surface area contributed by atoms with Gasteiger partial charge >= 0.3 is 0 Å². The molecule has 0 fully saturated rings. The van der Waals surface area contributed by atoms with Crippen molar-refractivity contribution >= 4 is 35.3 Å². The van der Waals surface area contributed by atoms with Gasteiger partial charge in [-0.3, -0.25) is 19.6 Å². The molecule has 0 aliphatic rings. The van der Waals surface area contributed by atoms with E-state index < -0.39 is 0 Å². The highest BCUT2D eigenvalue weighted by atomic mass is 32.2. The van der Waals surface area contributed by atoms with E-state index in [0.29, 0.717) is 68.5 Å². The van der Waals surface area contributed by atoms with Crippen LogP contribution in [0.4, 0.5) is 0 Å². The van der Waals surface area contributed by atoms with Crippen LogP contribution in [0, 0.1) is 22.7 Å². The fraction of sp³-hybridized carbons (Fsp3) is 0.200. The summed E-state index contributed by atoms with van der Waals surface area (Å²) in [6.07, 6.45) is 3.84. The third kappa shape index (κ3) is 8.86. The normalized spacial score (nSPS) is 10.3. The van der Waals surface area contributed by atoms with Gasteiger partial charge in [-0.1, -0.05) is 12.1 Å². The monoisotopic (exact) mass is 594 g/mol. The van der Waals surface area contributed by atoms with Gasteiger partial charge in [0.1, 0.15) is 22.2 Å². The number of aromatic nitrogens is 4. The molecule has 0 spiro atoms. The average Bonchev–Trinajstić information content (AvgIpc) is 3.04. The van der Waals surface area contributed by atoms with Crippen molar-refractivity contribution in [1.82, 2.24) is 30.6 Å². The molecule has 2 N–H and O–H groups in total. The van der Waals surface area contributed by atoms with Gasteiger partial charge in [0.15, 0.2) is 0 Å². The van der Waals surface area contributed by atoms with Crippen molar-refractivity contribution in [1.29, 1.82) is 10.5 Å². The van der Waals surface area contributed by atoms with Crippen LogP contribution in [-0.4, -0.2) is 56.3 Å². The van der Waals surface area contributed by atoms with Gasteiger partial charge in [0, 0.05) is 49.8 Å². The molecule has 2 amide bonds. The van der Waals surface area contributed by atoms with Crippen molar-refractivity contribution in [2.75, 3.05) is 24.6 Å². The summed E-state index contributed by atoms with van der Waals surface area (Å²) in [5.74, 6) is 0.579. The van der Waals surface area contributed by atoms with Crippen molar-refractivity contribution in [3.63, 3.8) is 0 Å². The number of carbonyl (C=O) groups excluding carboxylic acids is 2. The van der Waals surface area contributed by atoms with Crippen LogP contribution in [0.3, 0.4) is 0 Å². The molecular formula is C30H26N8O2S2. The average molecular weight is 595 g/mol. The fourth-order valence-corrected chi connectivity index (χ4v) is 5.47. The molecule has 0 unspecified atom stereocenters. The first-order chi connectivity index (χ1) is 20.6. The zero-order valence-electron chi connectivity index (χ0n) is 22.5. The van der Waals surface area contributed by atoms with Crippen LogP contribution in [-0.2, 0) is 9.59 Å². The highest BCUT2D eigenvalue weighted by Crippen LogP contribution is 2.26. The van der Waals surface area contributed by atoms with Gasteiger partial charge in [-0.05, 0) is 48.5 Å². The Labute approximate surface area is 252 Å². The maximum absolute atomic E-state index is 12.3. The molecule has 210 valence electrons. The maximum atomic E-state index is 12.3. The van der Waals surface area contributed by atoms with Gasteiger partial charge in [-0.2, -0.15) is 10.5 Å². The number of hydrogen-bond donors (Lipinski definition) is 2. The van der Waals surface area contributed by atoms with Gasteiger partial charge < -0.3 is 10.6 Å². The molecule has 0 saturated heterocycles. The minimum Gasteiger partial charge on any atom is -0.354 e. The predicted molar refractivity (Wildman–Crippen MR) is 161 cm³/mol. The Bertz CT molecular complexity index is 1480. The Hall–Kier alpha value is -4.78. The smallest absolute Gasteiger partial charge is 0.220 e. The molecule has 12 heteroatoms. The van der Waals surface area contributed by atoms with Crippen molar-refractivity contribution in [3.05, 3.63) is 84.2 Å². The van der Waals surface area contributed by atoms with E-state index in [1.54, 1.807) is 36.7 Å². The van der Waals surface area contributed by atoms with Gasteiger partial charge in [0.25, 0.3) is 0 Å². The first kappa shape index (κ1) is 30.2. The SMILES string of the molecule is N#Cc1ccc(-c2ccccn2)nc1SCCC(=O)NCCNC(=O)CCSc1nc(-c2ccccn2)ccc1C#N. The Morgan fingerprint density at radius 1 is 0.643 bits per heavy atom. The highest BCUT2D eigenvalue weighted by Gasteiger charge is 2.12. The summed E-state index contributed by atoms with van der Waals surface area (Å²) in [6.45, 7) is 0.594. The van der Waals surface area contributed by atoms with Crippen LogP contribution in [0.15, 0.2) is 83.1 Å². The molecule has 4 aromatic heterocycles. The molecule has 4 rings (SSSR count). The van der Waals surface area contributed by atoms with Gasteiger partial charge in [0.2, 0.25) is 11.8 Å². The molecule has 0 radical (unpaired) electrons. The summed E-state index contributed by atoms with van der Waals surface area (Å²) in [6, 6.07) is 22.3. The van der Waals surface area contributed by atoms with Crippen LogP contribution in [0.25, 0.3) is 22.8 Å². The largest absolute Gasteiger partial charge is 0.354 e. The standard InChI is InChI=1S/C30H26N8O2S2/c31-19-21-7-9-25(23-5-1-3-13-33-23)37-29(21)41-17-11-27(39)35-15-16-36-28(40)12-18-42-30-22(20-32)8-10-26(38-30)24-6-2-4-14-34-24/h1-10,13-14H,11-12,15-18H2,(H,35,39)(H,36,40). The van der Waals surface area contributed by atoms with Crippen LogP contribution < -0.4 is 10.6 Å². The van der Waals surface area contributed by atoms with E-state index in [2.05, 4.69) is 42.7 Å². The second-order valence-corrected chi connectivity index (χ2v) is 10.8. The summed E-state index contributed by atoms with van der Waals surface area (Å²) in [7, 11) is 0. The summed E-state index contributed by atoms with van der Waals surface area (Å²) in [5.41, 5.74) is 3.63. The molecule has 10 nitrogen and oxygen atoms in total. The lowest BCUT2D eigenvalue weighted by Crippen LogP contribution is -2.34. The minimum atomic E-state index is -0.158. The highest BCUT2D eigenvalue weighted by molar-refractivity contribution is 7.99. The molecule has 4 heterocycles. The third-order valence-electron chi connectivity index (χ3n) is 5.72. The van der Waals surface area contributed by atoms with E-state index in [9.17, 15) is 20.1 Å². The number of carbonyl (C=O) groups is 2. The third-order valence-corrected chi connectivity index (χ3v) is 7.71. The molecular weight excluding hydrogens is 569 g/mol. The van der Waals surface area contributed by atoms with E-state index >= 15 is 0 Å². The van der Waals surface area contributed by atoms with Crippen molar-refractivity contribution in [3.8, 4) is 34.9 Å². The zero-order chi connectivity index (χ0) is 29.6. The van der Waals surface area contributed by atoms with Gasteiger partial charge in [-0.15, -0.1) is 23.5 Å². The van der Waals surface area contributed by atoms with Gasteiger partial charge in [0.05, 0.1) is 33.9 Å². The van der Waals surface area contributed by atoms with Crippen molar-refractivity contribution in [2.45, 2.75) is 22.9 Å². The van der Waals surface area contributed by atoms with Crippen LogP contribution in [0.1, 0.15) is 24.0 Å². The van der Waals surface area contributed by atoms with Crippen molar-refractivity contribution < 1.29 is 9.59 Å². The summed E-state index contributed by atoms with van der Waals surface area (Å²) in [4.78, 5) is 42.2. The van der Waals surface area contributed by atoms with E-state index in [0.717, 1.165) is 0 Å². The Kier molecular flexibility index (Phi) is 11.4. The number of thioether (sulfide) groups is 2. The van der Waals surface area contributed by atoms with E-state index in [1.165, 1.54) is 23.5 Å². The topological polar surface area (TPSA) is 157 Å². The van der Waals surface area contributed by atoms with E-state index in [-0.39, 0.29) is 24.7 Å². The summed E-state index contributed by atoms with van der Waals surface area (Å²) in [5, 5.41) is 25.5. The van der Waals surface area contributed by atoms with E-state index in [1.807, 2.05) is 36.4 Å². The molecule has 0 saturated carbocycles. The number of nitriles is 2. The van der Waals surface area contributed by atoms with Crippen LogP contribution in [0.2, 0.25) is 0 Å². The number of amides is 2. The number of pyridine rings is 4. The van der Waals surface area contributed by atoms with Crippen molar-refractivity contribution in [2.24, 2.45) is 0 Å². The molecule has 0 aliphatic carbocycles. The first-order valence-electron chi connectivity index (χ1n) is 13.0. The Balaban J connectivity index is 1.14. The molecule has 0 aliphatic heterocycles. The Morgan fingerprint density at radius 3 is 1.48 bits per heavy atom. The number of nitrogens with one attached hydrogen (secondary N) is 2. The second-order valence-electron chi connectivity index (χ2n) is 8.65. The zero-order valence-corrected chi connectivity index (χ0v) is 24.1. The lowest BCUT2D eigenvalue weighted by Gasteiger charge is -2.09. The molecule has 42 heavy (non-hydrogen) atoms. The molecule has 0 atom stereocenters. The van der Waals surface area contributed by atoms with Crippen LogP contribution in [0.5, 0.6) is 0 Å². The summed E-state index contributed by atoms with van der Waals surface area (Å²) < 4.78 is 0. The van der Waals surface area contributed by atoms with E-state index in [4.69, 9.17) is 0 Å². The number of rotatable bonds is 13. The van der Waals surface area contributed by atoms with Crippen LogP contribution >= 0.6 is 23.5 Å². The molecule has 0 bridgehead atoms. The lowest BCUT2D eigenvalue weighted by molar-refractivity contribution is -0.122. The predicted octanol–water partition coefficient (Wildman–Crippen LogP) is 4.24. The maximum Gasteiger partial charge on any atom is 0.220 e. The molecule has 4 aromatic rings. The quantitative estimate of drug-likeness (QED) is 0.169. The Morgan fingerprint density at radius 2 is 1.10 bits per heavy atom. The first-order valence-corrected chi connectivity index (χ1v) is 15.0. The van der Waals surface area contributed by atoms with Gasteiger partial charge in [-0.25, -0.2) is 9.97 Å². The lowest BCUT2D eigenvalue weighted by atomic mass is 10.2. The number of hydrogen-bond acceptors (Lipinski definition) is 10. The second kappa shape index (κ2) is 15.9. The number of nitrogens with zero attached hydrogens (tertiary/aromatic N) is 6. The summed E-state index contributed by atoms with van der Waals surface area (Å²) >= 11 is 2.68. The minimum absolute atomic E-state index is 0.158. The fourth-order valence-electron chi connectivity index (χ4n) is 3.65. The molecule has 0 aromatic carbocycles.